The molecule has 0 atom stereocenters. The van der Waals surface area contributed by atoms with Crippen LogP contribution in [-0.4, -0.2) is 41.1 Å². The van der Waals surface area contributed by atoms with E-state index in [-0.39, 0.29) is 5.91 Å². The molecular formula is C23H25N3O3. The number of ether oxygens (including phenoxy) is 1. The number of benzene rings is 2. The summed E-state index contributed by atoms with van der Waals surface area (Å²) in [6, 6.07) is 15.4. The van der Waals surface area contributed by atoms with Crippen molar-refractivity contribution in [2.45, 2.75) is 26.2 Å². The molecule has 0 N–H and O–H groups in total. The summed E-state index contributed by atoms with van der Waals surface area (Å²) in [4.78, 5) is 19.3. The minimum atomic E-state index is 0.125. The van der Waals surface area contributed by atoms with Crippen molar-refractivity contribution in [3.63, 3.8) is 0 Å². The lowest BCUT2D eigenvalue weighted by atomic mass is 9.93. The van der Waals surface area contributed by atoms with Crippen LogP contribution in [-0.2, 0) is 6.42 Å². The zero-order valence-corrected chi connectivity index (χ0v) is 16.8. The molecule has 0 saturated carbocycles. The summed E-state index contributed by atoms with van der Waals surface area (Å²) in [7, 11) is 1.64. The Kier molecular flexibility index (Phi) is 5.60. The van der Waals surface area contributed by atoms with Crippen LogP contribution in [0.3, 0.4) is 0 Å². The number of likely N-dealkylation sites (tertiary alicyclic amines) is 1. The molecule has 150 valence electrons. The number of nitrogens with zero attached hydrogens (tertiary/aromatic N) is 3. The highest BCUT2D eigenvalue weighted by Crippen LogP contribution is 2.25. The lowest BCUT2D eigenvalue weighted by Crippen LogP contribution is -2.39. The van der Waals surface area contributed by atoms with Crippen LogP contribution in [0.2, 0.25) is 0 Å². The third-order valence-corrected chi connectivity index (χ3v) is 5.54. The topological polar surface area (TPSA) is 68.5 Å². The predicted molar refractivity (Wildman–Crippen MR) is 110 cm³/mol. The fraction of sp³-hybridized carbons (Fsp3) is 0.348. The van der Waals surface area contributed by atoms with E-state index in [4.69, 9.17) is 9.26 Å². The van der Waals surface area contributed by atoms with Gasteiger partial charge in [-0.1, -0.05) is 35.5 Å². The van der Waals surface area contributed by atoms with Crippen LogP contribution >= 0.6 is 0 Å². The predicted octanol–water partition coefficient (Wildman–Crippen LogP) is 4.15. The van der Waals surface area contributed by atoms with Gasteiger partial charge in [-0.05, 0) is 49.4 Å². The molecular weight excluding hydrogens is 366 g/mol. The minimum Gasteiger partial charge on any atom is -0.497 e. The average Bonchev–Trinajstić information content (AvgIpc) is 3.23. The highest BCUT2D eigenvalue weighted by atomic mass is 16.5. The molecule has 6 nitrogen and oxygen atoms in total. The number of carbonyl (C=O) groups excluding carboxylic acids is 1. The van der Waals surface area contributed by atoms with Crippen LogP contribution < -0.4 is 4.74 Å². The monoisotopic (exact) mass is 391 g/mol. The van der Waals surface area contributed by atoms with Crippen LogP contribution in [0, 0.1) is 12.8 Å². The van der Waals surface area contributed by atoms with Crippen molar-refractivity contribution in [1.29, 1.82) is 0 Å². The molecule has 29 heavy (non-hydrogen) atoms. The summed E-state index contributed by atoms with van der Waals surface area (Å²) in [5, 5.41) is 4.11. The molecule has 1 aliphatic rings. The standard InChI is InChI=1S/C23H25N3O3/c1-16-6-3-4-9-20(16)23(27)26-12-10-17(11-13-26)14-21-24-22(25-29-21)18-7-5-8-19(15-18)28-2/h3-9,15,17H,10-14H2,1-2H3. The Balaban J connectivity index is 1.35. The number of hydrogen-bond donors (Lipinski definition) is 0. The van der Waals surface area contributed by atoms with Crippen molar-refractivity contribution < 1.29 is 14.1 Å². The molecule has 0 bridgehead atoms. The zero-order valence-electron chi connectivity index (χ0n) is 16.8. The van der Waals surface area contributed by atoms with Crippen LogP contribution in [0.1, 0.15) is 34.7 Å². The van der Waals surface area contributed by atoms with Gasteiger partial charge >= 0.3 is 0 Å². The Morgan fingerprint density at radius 2 is 1.97 bits per heavy atom. The van der Waals surface area contributed by atoms with E-state index in [0.29, 0.717) is 17.6 Å². The summed E-state index contributed by atoms with van der Waals surface area (Å²) in [5.74, 6) is 2.55. The Labute approximate surface area is 170 Å². The van der Waals surface area contributed by atoms with E-state index in [1.165, 1.54) is 0 Å². The van der Waals surface area contributed by atoms with Gasteiger partial charge < -0.3 is 14.2 Å². The van der Waals surface area contributed by atoms with Gasteiger partial charge in [-0.2, -0.15) is 4.98 Å². The van der Waals surface area contributed by atoms with Gasteiger partial charge in [0.05, 0.1) is 7.11 Å². The Morgan fingerprint density at radius 3 is 2.72 bits per heavy atom. The first-order valence-corrected chi connectivity index (χ1v) is 9.96. The second-order valence-electron chi connectivity index (χ2n) is 7.50. The molecule has 1 saturated heterocycles. The van der Waals surface area contributed by atoms with Gasteiger partial charge in [-0.3, -0.25) is 4.79 Å². The molecule has 2 aromatic carbocycles. The minimum absolute atomic E-state index is 0.125. The SMILES string of the molecule is COc1cccc(-c2noc(CC3CCN(C(=O)c4ccccc4C)CC3)n2)c1. The normalized spacial score (nSPS) is 14.8. The first-order chi connectivity index (χ1) is 14.1. The molecule has 3 aromatic rings. The Bertz CT molecular complexity index is 990. The molecule has 1 aromatic heterocycles. The van der Waals surface area contributed by atoms with Crippen LogP contribution in [0.5, 0.6) is 5.75 Å². The highest BCUT2D eigenvalue weighted by Gasteiger charge is 2.26. The van der Waals surface area contributed by atoms with E-state index in [1.807, 2.05) is 60.4 Å². The van der Waals surface area contributed by atoms with Crippen molar-refractivity contribution in [2.75, 3.05) is 20.2 Å². The molecule has 1 fully saturated rings. The molecule has 0 aliphatic carbocycles. The van der Waals surface area contributed by atoms with Crippen LogP contribution in [0.25, 0.3) is 11.4 Å². The van der Waals surface area contributed by atoms with Crippen molar-refractivity contribution >= 4 is 5.91 Å². The van der Waals surface area contributed by atoms with Gasteiger partial charge in [-0.25, -0.2) is 0 Å². The summed E-state index contributed by atoms with van der Waals surface area (Å²) >= 11 is 0. The fourth-order valence-electron chi connectivity index (χ4n) is 3.79. The summed E-state index contributed by atoms with van der Waals surface area (Å²) in [6.07, 6.45) is 2.62. The van der Waals surface area contributed by atoms with Crippen LogP contribution in [0.15, 0.2) is 53.1 Å². The van der Waals surface area contributed by atoms with E-state index < -0.39 is 0 Å². The molecule has 1 amide bonds. The Morgan fingerprint density at radius 1 is 1.17 bits per heavy atom. The molecule has 0 unspecified atom stereocenters. The summed E-state index contributed by atoms with van der Waals surface area (Å²) in [5.41, 5.74) is 2.69. The van der Waals surface area contributed by atoms with Gasteiger partial charge in [0.15, 0.2) is 0 Å². The van der Waals surface area contributed by atoms with Crippen molar-refractivity contribution in [3.8, 4) is 17.1 Å². The molecule has 0 radical (unpaired) electrons. The number of aryl methyl sites for hydroxylation is 1. The number of hydrogen-bond acceptors (Lipinski definition) is 5. The number of methoxy groups -OCH3 is 1. The summed E-state index contributed by atoms with van der Waals surface area (Å²) in [6.45, 7) is 3.50. The van der Waals surface area contributed by atoms with Crippen LogP contribution in [0.4, 0.5) is 0 Å². The number of piperidine rings is 1. The van der Waals surface area contributed by atoms with Gasteiger partial charge in [0.25, 0.3) is 5.91 Å². The van der Waals surface area contributed by atoms with E-state index in [2.05, 4.69) is 10.1 Å². The van der Waals surface area contributed by atoms with E-state index in [0.717, 1.165) is 54.8 Å². The molecule has 0 spiro atoms. The molecule has 2 heterocycles. The maximum Gasteiger partial charge on any atom is 0.254 e. The largest absolute Gasteiger partial charge is 0.497 e. The molecule has 1 aliphatic heterocycles. The first kappa shape index (κ1) is 19.2. The third kappa shape index (κ3) is 4.31. The number of aromatic nitrogens is 2. The first-order valence-electron chi connectivity index (χ1n) is 9.96. The van der Waals surface area contributed by atoms with Crippen molar-refractivity contribution in [1.82, 2.24) is 15.0 Å². The second-order valence-corrected chi connectivity index (χ2v) is 7.50. The quantitative estimate of drug-likeness (QED) is 0.654. The van der Waals surface area contributed by atoms with Gasteiger partial charge in [0.1, 0.15) is 5.75 Å². The lowest BCUT2D eigenvalue weighted by Gasteiger charge is -2.31. The van der Waals surface area contributed by atoms with Crippen molar-refractivity contribution in [2.24, 2.45) is 5.92 Å². The number of carbonyl (C=O) groups is 1. The summed E-state index contributed by atoms with van der Waals surface area (Å²) < 4.78 is 10.7. The zero-order chi connectivity index (χ0) is 20.2. The smallest absolute Gasteiger partial charge is 0.254 e. The third-order valence-electron chi connectivity index (χ3n) is 5.54. The highest BCUT2D eigenvalue weighted by molar-refractivity contribution is 5.95. The molecule has 4 rings (SSSR count). The van der Waals surface area contributed by atoms with Crippen molar-refractivity contribution in [3.05, 3.63) is 65.5 Å². The van der Waals surface area contributed by atoms with Gasteiger partial charge in [0.2, 0.25) is 11.7 Å². The van der Waals surface area contributed by atoms with Gasteiger partial charge in [-0.15, -0.1) is 0 Å². The molecule has 6 heteroatoms. The maximum absolute atomic E-state index is 12.8. The number of rotatable bonds is 5. The second kappa shape index (κ2) is 8.47. The Hall–Kier alpha value is -3.15. The van der Waals surface area contributed by atoms with E-state index >= 15 is 0 Å². The van der Waals surface area contributed by atoms with Gasteiger partial charge in [0, 0.05) is 30.6 Å². The van der Waals surface area contributed by atoms with E-state index in [9.17, 15) is 4.79 Å². The van der Waals surface area contributed by atoms with E-state index in [1.54, 1.807) is 7.11 Å². The lowest BCUT2D eigenvalue weighted by molar-refractivity contribution is 0.0686. The average molecular weight is 391 g/mol. The fourth-order valence-corrected chi connectivity index (χ4v) is 3.79. The maximum atomic E-state index is 12.8. The number of amides is 1.